The summed E-state index contributed by atoms with van der Waals surface area (Å²) in [5, 5.41) is 1.52. The molecule has 2 atom stereocenters. The Morgan fingerprint density at radius 2 is 1.35 bits per heavy atom. The Morgan fingerprint density at radius 3 is 1.98 bits per heavy atom. The average molecular weight is 549 g/mol. The van der Waals surface area contributed by atoms with Crippen LogP contribution >= 0.6 is 0 Å². The third-order valence-electron chi connectivity index (χ3n) is 6.54. The molecule has 0 aliphatic heterocycles. The Kier molecular flexibility index (Phi) is 8.38. The zero-order valence-electron chi connectivity index (χ0n) is 22.1. The molecule has 40 heavy (non-hydrogen) atoms. The van der Waals surface area contributed by atoms with Crippen molar-refractivity contribution in [2.24, 2.45) is 0 Å². The van der Waals surface area contributed by atoms with Crippen LogP contribution in [-0.4, -0.2) is 30.0 Å². The molecule has 0 amide bonds. The topological polar surface area (TPSA) is 69.7 Å². The number of benzene rings is 4. The highest BCUT2D eigenvalue weighted by Gasteiger charge is 2.45. The van der Waals surface area contributed by atoms with E-state index in [1.807, 2.05) is 19.1 Å². The van der Waals surface area contributed by atoms with Crippen molar-refractivity contribution in [3.63, 3.8) is 0 Å². The summed E-state index contributed by atoms with van der Waals surface area (Å²) in [6, 6.07) is 22.7. The van der Waals surface area contributed by atoms with E-state index in [9.17, 15) is 27.6 Å². The van der Waals surface area contributed by atoms with Gasteiger partial charge in [-0.05, 0) is 66.4 Å². The second kappa shape index (κ2) is 11.7. The number of halogens is 3. The first-order valence-corrected chi connectivity index (χ1v) is 12.6. The van der Waals surface area contributed by atoms with E-state index >= 15 is 0 Å². The van der Waals surface area contributed by atoms with E-state index in [2.05, 4.69) is 0 Å². The van der Waals surface area contributed by atoms with Gasteiger partial charge in [-0.3, -0.25) is 4.79 Å². The highest BCUT2D eigenvalue weighted by molar-refractivity contribution is 6.41. The molecule has 0 radical (unpaired) electrons. The lowest BCUT2D eigenvalue weighted by atomic mass is 9.96. The normalized spacial score (nSPS) is 12.9. The number of carbonyl (C=O) groups is 3. The fourth-order valence-corrected chi connectivity index (χ4v) is 4.70. The van der Waals surface area contributed by atoms with E-state index < -0.39 is 42.5 Å². The molecule has 0 spiro atoms. The van der Waals surface area contributed by atoms with Gasteiger partial charge in [-0.15, -0.1) is 0 Å². The Hall–Kier alpha value is -4.46. The predicted octanol–water partition coefficient (Wildman–Crippen LogP) is 7.41. The number of rotatable bonds is 8. The maximum Gasteiger partial charge on any atom is 0.425 e. The van der Waals surface area contributed by atoms with Crippen molar-refractivity contribution >= 4 is 28.5 Å². The van der Waals surface area contributed by atoms with Crippen molar-refractivity contribution < 1.29 is 37.0 Å². The first-order chi connectivity index (χ1) is 18.9. The van der Waals surface area contributed by atoms with Crippen LogP contribution in [0.25, 0.3) is 10.8 Å². The SMILES string of the molecule is Cc1cc(C)c(C(=O)C(=O)OC(CC(OC(=O)c2ccccc2)C(F)(F)F)c2ccc3ccccc3c2)c(C)c1. The van der Waals surface area contributed by atoms with Gasteiger partial charge in [-0.25, -0.2) is 9.59 Å². The third kappa shape index (κ3) is 6.57. The molecule has 2 unspecified atom stereocenters. The first-order valence-electron chi connectivity index (χ1n) is 12.6. The molecule has 0 N–H and O–H groups in total. The van der Waals surface area contributed by atoms with Gasteiger partial charge < -0.3 is 9.47 Å². The fraction of sp³-hybridized carbons (Fsp3) is 0.219. The van der Waals surface area contributed by atoms with E-state index in [0.717, 1.165) is 10.9 Å². The van der Waals surface area contributed by atoms with E-state index in [4.69, 9.17) is 9.47 Å². The summed E-state index contributed by atoms with van der Waals surface area (Å²) in [6.45, 7) is 5.18. The highest BCUT2D eigenvalue weighted by Crippen LogP contribution is 2.35. The second-order valence-corrected chi connectivity index (χ2v) is 9.64. The van der Waals surface area contributed by atoms with Gasteiger partial charge in [-0.2, -0.15) is 13.2 Å². The van der Waals surface area contributed by atoms with Crippen LogP contribution in [0.4, 0.5) is 13.2 Å². The zero-order valence-corrected chi connectivity index (χ0v) is 22.1. The Balaban J connectivity index is 1.68. The van der Waals surface area contributed by atoms with E-state index in [0.29, 0.717) is 16.5 Å². The van der Waals surface area contributed by atoms with Crippen molar-refractivity contribution in [2.75, 3.05) is 0 Å². The van der Waals surface area contributed by atoms with Crippen molar-refractivity contribution in [1.82, 2.24) is 0 Å². The summed E-state index contributed by atoms with van der Waals surface area (Å²) in [5.74, 6) is -3.44. The van der Waals surface area contributed by atoms with Crippen LogP contribution < -0.4 is 0 Å². The smallest absolute Gasteiger partial charge is 0.425 e. The van der Waals surface area contributed by atoms with Crippen molar-refractivity contribution in [1.29, 1.82) is 0 Å². The number of hydrogen-bond acceptors (Lipinski definition) is 5. The number of alkyl halides is 3. The highest BCUT2D eigenvalue weighted by atomic mass is 19.4. The quantitative estimate of drug-likeness (QED) is 0.130. The van der Waals surface area contributed by atoms with E-state index in [-0.39, 0.29) is 16.7 Å². The molecule has 0 aromatic heterocycles. The molecule has 0 fully saturated rings. The summed E-state index contributed by atoms with van der Waals surface area (Å²) in [5.41, 5.74) is 2.29. The van der Waals surface area contributed by atoms with Crippen LogP contribution in [0.15, 0.2) is 84.9 Å². The third-order valence-corrected chi connectivity index (χ3v) is 6.54. The van der Waals surface area contributed by atoms with Gasteiger partial charge in [-0.1, -0.05) is 72.3 Å². The minimum absolute atomic E-state index is 0.0588. The van der Waals surface area contributed by atoms with Gasteiger partial charge in [0, 0.05) is 12.0 Å². The molecule has 0 aliphatic rings. The summed E-state index contributed by atoms with van der Waals surface area (Å²) in [7, 11) is 0. The summed E-state index contributed by atoms with van der Waals surface area (Å²) >= 11 is 0. The van der Waals surface area contributed by atoms with Gasteiger partial charge in [0.25, 0.3) is 5.78 Å². The molecule has 5 nitrogen and oxygen atoms in total. The van der Waals surface area contributed by atoms with Crippen LogP contribution in [0.5, 0.6) is 0 Å². The number of esters is 2. The van der Waals surface area contributed by atoms with Crippen LogP contribution in [-0.2, 0) is 14.3 Å². The molecule has 0 heterocycles. The molecule has 0 saturated heterocycles. The maximum absolute atomic E-state index is 14.1. The van der Waals surface area contributed by atoms with Crippen molar-refractivity contribution in [3.05, 3.63) is 118 Å². The number of aryl methyl sites for hydroxylation is 3. The van der Waals surface area contributed by atoms with Crippen LogP contribution in [0, 0.1) is 20.8 Å². The molecule has 0 bridgehead atoms. The van der Waals surface area contributed by atoms with Crippen molar-refractivity contribution in [2.45, 2.75) is 45.6 Å². The number of ether oxygens (including phenoxy) is 2. The number of Topliss-reactive ketones (excluding diaryl/α,β-unsaturated/α-hetero) is 1. The first kappa shape index (κ1) is 28.5. The molecule has 206 valence electrons. The minimum Gasteiger partial charge on any atom is -0.451 e. The molecule has 4 rings (SSSR count). The maximum atomic E-state index is 14.1. The Bertz CT molecular complexity index is 1540. The molecule has 0 aliphatic carbocycles. The standard InChI is InChI=1S/C32H27F3O5/c1-19-15-20(2)28(21(3)16-19)29(36)31(38)39-26(25-14-13-22-9-7-8-12-24(22)17-25)18-27(32(33,34)35)40-30(37)23-10-5-4-6-11-23/h4-17,26-27H,18H2,1-3H3. The summed E-state index contributed by atoms with van der Waals surface area (Å²) < 4.78 is 52.8. The second-order valence-electron chi connectivity index (χ2n) is 9.64. The number of hydrogen-bond donors (Lipinski definition) is 0. The van der Waals surface area contributed by atoms with Crippen LogP contribution in [0.2, 0.25) is 0 Å². The molecule has 0 saturated carbocycles. The zero-order chi connectivity index (χ0) is 29.0. The number of ketones is 1. The Morgan fingerprint density at radius 1 is 0.750 bits per heavy atom. The molecule has 4 aromatic carbocycles. The van der Waals surface area contributed by atoms with Crippen LogP contribution in [0.1, 0.15) is 55.5 Å². The van der Waals surface area contributed by atoms with Crippen molar-refractivity contribution in [3.8, 4) is 0 Å². The minimum atomic E-state index is -4.97. The number of fused-ring (bicyclic) bond motifs is 1. The Labute approximate surface area is 229 Å². The summed E-state index contributed by atoms with van der Waals surface area (Å²) in [4.78, 5) is 38.8. The van der Waals surface area contributed by atoms with Gasteiger partial charge in [0.15, 0.2) is 0 Å². The van der Waals surface area contributed by atoms with Gasteiger partial charge in [0.05, 0.1) is 5.56 Å². The van der Waals surface area contributed by atoms with Gasteiger partial charge in [0.2, 0.25) is 6.10 Å². The summed E-state index contributed by atoms with van der Waals surface area (Å²) in [6.07, 6.45) is -10.1. The largest absolute Gasteiger partial charge is 0.451 e. The van der Waals surface area contributed by atoms with E-state index in [1.165, 1.54) is 30.3 Å². The molecule has 4 aromatic rings. The van der Waals surface area contributed by atoms with Gasteiger partial charge >= 0.3 is 18.1 Å². The molecular weight excluding hydrogens is 521 g/mol. The lowest BCUT2D eigenvalue weighted by molar-refractivity contribution is -0.213. The average Bonchev–Trinajstić information content (AvgIpc) is 2.91. The molecular formula is C32H27F3O5. The monoisotopic (exact) mass is 548 g/mol. The van der Waals surface area contributed by atoms with Gasteiger partial charge in [0.1, 0.15) is 6.10 Å². The van der Waals surface area contributed by atoms with Crippen LogP contribution in [0.3, 0.4) is 0 Å². The van der Waals surface area contributed by atoms with E-state index in [1.54, 1.807) is 56.3 Å². The predicted molar refractivity (Wildman–Crippen MR) is 144 cm³/mol. The lowest BCUT2D eigenvalue weighted by Crippen LogP contribution is -2.36. The molecule has 8 heteroatoms. The lowest BCUT2D eigenvalue weighted by Gasteiger charge is -2.26. The number of carbonyl (C=O) groups excluding carboxylic acids is 3. The fourth-order valence-electron chi connectivity index (χ4n) is 4.70.